The lowest BCUT2D eigenvalue weighted by atomic mass is 9.71. The molecule has 1 aromatic heterocycles. The zero-order chi connectivity index (χ0) is 76.0. The van der Waals surface area contributed by atoms with Crippen molar-refractivity contribution in [1.82, 2.24) is 4.98 Å². The summed E-state index contributed by atoms with van der Waals surface area (Å²) in [5, 5.41) is 0. The first kappa shape index (κ1) is 105. The van der Waals surface area contributed by atoms with E-state index in [0.29, 0.717) is 38.9 Å². The van der Waals surface area contributed by atoms with Crippen LogP contribution in [0.3, 0.4) is 0 Å². The zero-order valence-corrected chi connectivity index (χ0v) is 72.0. The van der Waals surface area contributed by atoms with Gasteiger partial charge >= 0.3 is 0 Å². The van der Waals surface area contributed by atoms with Gasteiger partial charge in [0.15, 0.2) is 0 Å². The molecule has 0 fully saturated rings. The molecule has 0 radical (unpaired) electrons. The lowest BCUT2D eigenvalue weighted by Crippen LogP contribution is -2.25. The standard InChI is InChI=1S/C14H23N.C10H15N.C9H14N2.C9H20.C8H11N.C8H18.C7H16.C6H12.C5H12.C4H10O.C4H10.C4H8/c1-10(2)12-7-13(11(3)4)9-14(8-12)15(5)6;1-8-5-9(2)7-10(6-8)11(3)4;1-7-5-9(11(3)4)6-8(2)10-7;1-8(2,3)7-9(4,5)6;1-9(2)8-6-4-3-5-7-8;1-7(2,3)8(4,5)6;1-5-7(3,4)6-2;1-5(2)6(3)4;2*1-3-5-4-2;2*1-3-4-2/h7-11H,1-6H3;5-7H,1-4H3;5-6H,1-4H3;7H2,1-6H3;3-7H,1-2H3;1-6H3;5-6H2,1-4H3;1-4H3;3-5H2,1-2H3;3-4H2,1-2H3;3-4H2,1-2H3;3-4H,1-2H3/b;;;;;;;;;;;4-3-. The van der Waals surface area contributed by atoms with E-state index < -0.39 is 0 Å². The van der Waals surface area contributed by atoms with Crippen molar-refractivity contribution in [2.75, 3.05) is 89.2 Å². The first-order chi connectivity index (χ1) is 42.8. The first-order valence-corrected chi connectivity index (χ1v) is 36.5. The smallest absolute Gasteiger partial charge is 0.0437 e. The first-order valence-electron chi connectivity index (χ1n) is 36.5. The van der Waals surface area contributed by atoms with Crippen LogP contribution in [0.4, 0.5) is 22.7 Å². The number of benzene rings is 3. The molecular weight excluding hydrogens is 1140 g/mol. The molecule has 0 saturated heterocycles. The van der Waals surface area contributed by atoms with Crippen LogP contribution in [0, 0.1) is 54.8 Å². The van der Waals surface area contributed by atoms with E-state index >= 15 is 0 Å². The predicted molar refractivity (Wildman–Crippen MR) is 443 cm³/mol. The Hall–Kier alpha value is -4.55. The number of aryl methyl sites for hydroxylation is 4. The maximum absolute atomic E-state index is 4.83. The summed E-state index contributed by atoms with van der Waals surface area (Å²) in [5.41, 5.74) is 18.0. The molecule has 0 aliphatic rings. The number of nitrogens with zero attached hydrogens (tertiary/aromatic N) is 5. The molecule has 0 aliphatic carbocycles. The molecule has 6 heteroatoms. The number of unbranched alkanes of at least 4 members (excludes halogenated alkanes) is 3. The number of ether oxygens (including phenoxy) is 1. The van der Waals surface area contributed by atoms with Gasteiger partial charge in [-0.15, -0.1) is 0 Å². The van der Waals surface area contributed by atoms with Crippen molar-refractivity contribution in [1.29, 1.82) is 0 Å². The minimum Gasteiger partial charge on any atom is -0.382 e. The van der Waals surface area contributed by atoms with Gasteiger partial charge in [0.25, 0.3) is 0 Å². The monoisotopic (exact) mass is 1310 g/mol. The van der Waals surface area contributed by atoms with E-state index in [1.165, 1.54) is 108 Å². The van der Waals surface area contributed by atoms with Crippen molar-refractivity contribution in [3.63, 3.8) is 0 Å². The normalized spacial score (nSPS) is 10.5. The fourth-order valence-electron chi connectivity index (χ4n) is 6.99. The number of para-hydroxylation sites is 1. The van der Waals surface area contributed by atoms with Gasteiger partial charge in [-0.3, -0.25) is 4.98 Å². The van der Waals surface area contributed by atoms with E-state index in [4.69, 9.17) is 4.74 Å². The van der Waals surface area contributed by atoms with Gasteiger partial charge in [-0.25, -0.2) is 0 Å². The van der Waals surface area contributed by atoms with Crippen molar-refractivity contribution in [2.24, 2.45) is 27.1 Å². The fraction of sp³-hybridized carbons (Fsp3) is 0.693. The summed E-state index contributed by atoms with van der Waals surface area (Å²) in [6.07, 6.45) is 14.6. The number of rotatable bonds is 13. The molecule has 6 nitrogen and oxygen atoms in total. The number of anilines is 4. The van der Waals surface area contributed by atoms with Crippen LogP contribution in [0.5, 0.6) is 0 Å². The van der Waals surface area contributed by atoms with Crippen LogP contribution in [-0.2, 0) is 4.74 Å². The number of hydrogen-bond donors (Lipinski definition) is 0. The van der Waals surface area contributed by atoms with Gasteiger partial charge in [-0.1, -0.05) is 265 Å². The Labute approximate surface area is 593 Å². The number of hydrogen-bond acceptors (Lipinski definition) is 6. The van der Waals surface area contributed by atoms with E-state index in [2.05, 4.69) is 321 Å². The van der Waals surface area contributed by atoms with Crippen LogP contribution in [0.1, 0.15) is 318 Å². The Morgan fingerprint density at radius 1 is 0.415 bits per heavy atom. The number of allylic oxidation sites excluding steroid dienone is 4. The summed E-state index contributed by atoms with van der Waals surface area (Å²) in [7, 11) is 16.5. The molecule has 0 spiro atoms. The summed E-state index contributed by atoms with van der Waals surface area (Å²) in [4.78, 5) is 12.8. The summed E-state index contributed by atoms with van der Waals surface area (Å²) in [5.74, 6) is 1.20. The molecule has 0 aliphatic heterocycles. The van der Waals surface area contributed by atoms with E-state index in [-0.39, 0.29) is 0 Å². The minimum absolute atomic E-state index is 0.437. The Morgan fingerprint density at radius 2 is 0.713 bits per heavy atom. The van der Waals surface area contributed by atoms with E-state index in [1.54, 1.807) is 0 Å². The van der Waals surface area contributed by atoms with E-state index in [1.807, 2.05) is 100 Å². The van der Waals surface area contributed by atoms with Gasteiger partial charge in [0.1, 0.15) is 0 Å². The molecule has 0 saturated carbocycles. The van der Waals surface area contributed by atoms with E-state index in [0.717, 1.165) is 24.6 Å². The third kappa shape index (κ3) is 73.3. The Kier molecular flexibility index (Phi) is 67.0. The van der Waals surface area contributed by atoms with Crippen LogP contribution in [-0.4, -0.2) is 74.6 Å². The third-order valence-electron chi connectivity index (χ3n) is 15.6. The molecule has 1 heterocycles. The van der Waals surface area contributed by atoms with Crippen molar-refractivity contribution < 1.29 is 4.74 Å². The number of aromatic nitrogens is 1. The summed E-state index contributed by atoms with van der Waals surface area (Å²) in [6.45, 7) is 80.6. The van der Waals surface area contributed by atoms with Gasteiger partial charge in [0.05, 0.1) is 0 Å². The molecule has 0 N–H and O–H groups in total. The second-order valence-electron chi connectivity index (χ2n) is 32.0. The van der Waals surface area contributed by atoms with Crippen LogP contribution in [0.2, 0.25) is 0 Å². The zero-order valence-electron chi connectivity index (χ0n) is 72.0. The summed E-state index contributed by atoms with van der Waals surface area (Å²) < 4.78 is 4.83. The van der Waals surface area contributed by atoms with E-state index in [9.17, 15) is 0 Å². The van der Waals surface area contributed by atoms with Crippen LogP contribution < -0.4 is 19.6 Å². The predicted octanol–water partition coefficient (Wildman–Crippen LogP) is 28.3. The van der Waals surface area contributed by atoms with Crippen molar-refractivity contribution in [3.05, 3.63) is 136 Å². The Bertz CT molecular complexity index is 2150. The van der Waals surface area contributed by atoms with Gasteiger partial charge in [-0.05, 0) is 199 Å². The molecule has 4 aromatic rings. The molecule has 3 aromatic carbocycles. The maximum Gasteiger partial charge on any atom is 0.0437 e. The Balaban J connectivity index is -0.000000146. The highest BCUT2D eigenvalue weighted by Gasteiger charge is 2.27. The van der Waals surface area contributed by atoms with Gasteiger partial charge in [0.2, 0.25) is 0 Å². The van der Waals surface area contributed by atoms with Gasteiger partial charge in [-0.2, -0.15) is 0 Å². The molecule has 0 unspecified atom stereocenters. The van der Waals surface area contributed by atoms with Crippen LogP contribution >= 0.6 is 0 Å². The molecule has 4 rings (SSSR count). The average Bonchev–Trinajstić information content (AvgIpc) is 0.911. The summed E-state index contributed by atoms with van der Waals surface area (Å²) >= 11 is 0. The van der Waals surface area contributed by atoms with Gasteiger partial charge in [0, 0.05) is 104 Å². The third-order valence-corrected chi connectivity index (χ3v) is 15.6. The van der Waals surface area contributed by atoms with Crippen LogP contribution in [0.25, 0.3) is 0 Å². The molecule has 0 bridgehead atoms. The topological polar surface area (TPSA) is 35.1 Å². The fourth-order valence-corrected chi connectivity index (χ4v) is 6.99. The van der Waals surface area contributed by atoms with Crippen molar-refractivity contribution >= 4 is 22.7 Å². The largest absolute Gasteiger partial charge is 0.382 e. The van der Waals surface area contributed by atoms with Crippen LogP contribution in [0.15, 0.2) is 102 Å². The molecule has 0 amide bonds. The average molecular weight is 1310 g/mol. The van der Waals surface area contributed by atoms with Crippen molar-refractivity contribution in [3.8, 4) is 0 Å². The van der Waals surface area contributed by atoms with Crippen molar-refractivity contribution in [2.45, 2.75) is 312 Å². The molecule has 0 atom stereocenters. The maximum atomic E-state index is 4.83. The Morgan fingerprint density at radius 3 is 0.872 bits per heavy atom. The highest BCUT2D eigenvalue weighted by molar-refractivity contribution is 5.52. The number of pyridine rings is 1. The lowest BCUT2D eigenvalue weighted by Gasteiger charge is -2.34. The molecular formula is C88H169N5O. The minimum atomic E-state index is 0.437. The molecule has 94 heavy (non-hydrogen) atoms. The quantitative estimate of drug-likeness (QED) is 0.124. The second-order valence-corrected chi connectivity index (χ2v) is 32.0. The summed E-state index contributed by atoms with van der Waals surface area (Å²) in [6, 6.07) is 27.9. The highest BCUT2D eigenvalue weighted by Crippen LogP contribution is 2.37. The molecule has 552 valence electrons. The second kappa shape index (κ2) is 59.7. The SMILES string of the molecule is C/C=C\C.CC(C)(C)C(C)(C)C.CC(C)(C)CC(C)(C)C.CC(C)=C(C)C.CC(C)c1cc(C(C)C)cc(N(C)C)c1.CCC(C)(C)CC.CCCC.CCCCC.CCOCC.CN(C)c1ccccc1.Cc1cc(C)cc(N(C)C)c1.Cc1cc(N(C)C)cc(C)n1. The highest BCUT2D eigenvalue weighted by atomic mass is 16.5. The van der Waals surface area contributed by atoms with Gasteiger partial charge < -0.3 is 24.3 Å². The lowest BCUT2D eigenvalue weighted by molar-refractivity contribution is 0.157.